The Kier molecular flexibility index (Phi) is 1.82. The quantitative estimate of drug-likeness (QED) is 0.569. The Morgan fingerprint density at radius 3 is 2.40 bits per heavy atom. The van der Waals surface area contributed by atoms with E-state index in [1.54, 1.807) is 6.26 Å². The van der Waals surface area contributed by atoms with Crippen molar-refractivity contribution in [2.45, 2.75) is 0 Å². The smallest absolute Gasteiger partial charge is 0.134 e. The van der Waals surface area contributed by atoms with Crippen LogP contribution >= 0.6 is 0 Å². The minimum atomic E-state index is 0.941. The Morgan fingerprint density at radius 1 is 0.667 bits per heavy atom. The monoisotopic (exact) mass is 194 g/mol. The van der Waals surface area contributed by atoms with E-state index in [0.717, 1.165) is 5.76 Å². The van der Waals surface area contributed by atoms with Crippen molar-refractivity contribution < 1.29 is 4.42 Å². The van der Waals surface area contributed by atoms with Crippen LogP contribution < -0.4 is 0 Å². The molecule has 0 saturated carbocycles. The van der Waals surface area contributed by atoms with Crippen molar-refractivity contribution in [2.24, 2.45) is 0 Å². The summed E-state index contributed by atoms with van der Waals surface area (Å²) in [5.74, 6) is 0.941. The summed E-state index contributed by atoms with van der Waals surface area (Å²) in [5.41, 5.74) is 3.63. The van der Waals surface area contributed by atoms with Crippen LogP contribution in [-0.2, 0) is 0 Å². The van der Waals surface area contributed by atoms with Gasteiger partial charge < -0.3 is 4.42 Å². The van der Waals surface area contributed by atoms with Crippen LogP contribution in [0.15, 0.2) is 65.3 Å². The Bertz CT molecular complexity index is 536. The van der Waals surface area contributed by atoms with E-state index in [1.165, 1.54) is 16.7 Å². The molecule has 1 aliphatic heterocycles. The average molecular weight is 194 g/mol. The van der Waals surface area contributed by atoms with E-state index in [2.05, 4.69) is 24.3 Å². The highest BCUT2D eigenvalue weighted by molar-refractivity contribution is 5.83. The van der Waals surface area contributed by atoms with Gasteiger partial charge in [-0.05, 0) is 35.4 Å². The van der Waals surface area contributed by atoms with Crippen LogP contribution in [0.1, 0.15) is 0 Å². The lowest BCUT2D eigenvalue weighted by atomic mass is 10.0. The molecule has 1 nitrogen and oxygen atoms in total. The molecule has 0 spiro atoms. The summed E-state index contributed by atoms with van der Waals surface area (Å²) in [5, 5.41) is 0. The van der Waals surface area contributed by atoms with Crippen molar-refractivity contribution in [3.8, 4) is 22.5 Å². The number of rotatable bonds is 1. The van der Waals surface area contributed by atoms with Gasteiger partial charge in [0, 0.05) is 5.56 Å². The summed E-state index contributed by atoms with van der Waals surface area (Å²) in [4.78, 5) is 0. The molecule has 72 valence electrons. The van der Waals surface area contributed by atoms with Gasteiger partial charge in [-0.15, -0.1) is 0 Å². The van der Waals surface area contributed by atoms with Crippen LogP contribution in [0.5, 0.6) is 0 Å². The fourth-order valence-corrected chi connectivity index (χ4v) is 1.86. The highest BCUT2D eigenvalue weighted by Crippen LogP contribution is 2.34. The minimum absolute atomic E-state index is 0.941. The molecule has 0 radical (unpaired) electrons. The van der Waals surface area contributed by atoms with Gasteiger partial charge in [-0.25, -0.2) is 0 Å². The summed E-state index contributed by atoms with van der Waals surface area (Å²) < 4.78 is 5.41. The Morgan fingerprint density at radius 2 is 1.53 bits per heavy atom. The molecule has 15 heavy (non-hydrogen) atoms. The first kappa shape index (κ1) is 8.30. The zero-order valence-electron chi connectivity index (χ0n) is 8.18. The van der Waals surface area contributed by atoms with Crippen LogP contribution in [0.25, 0.3) is 22.5 Å². The molecular weight excluding hydrogens is 184 g/mol. The third kappa shape index (κ3) is 1.33. The zero-order valence-corrected chi connectivity index (χ0v) is 8.18. The summed E-state index contributed by atoms with van der Waals surface area (Å²) in [6.45, 7) is 0. The van der Waals surface area contributed by atoms with E-state index >= 15 is 0 Å². The van der Waals surface area contributed by atoms with E-state index in [-0.39, 0.29) is 0 Å². The van der Waals surface area contributed by atoms with Gasteiger partial charge in [0.05, 0.1) is 6.26 Å². The maximum atomic E-state index is 5.41. The molecule has 1 aromatic carbocycles. The number of fused-ring (bicyclic) bond motifs is 1. The van der Waals surface area contributed by atoms with Crippen molar-refractivity contribution >= 4 is 0 Å². The number of benzene rings is 1. The van der Waals surface area contributed by atoms with E-state index in [1.807, 2.05) is 30.3 Å². The van der Waals surface area contributed by atoms with Gasteiger partial charge in [0.1, 0.15) is 5.76 Å². The van der Waals surface area contributed by atoms with E-state index in [0.29, 0.717) is 0 Å². The molecule has 0 aromatic heterocycles. The van der Waals surface area contributed by atoms with Crippen molar-refractivity contribution in [1.29, 1.82) is 0 Å². The first-order valence-corrected chi connectivity index (χ1v) is 4.97. The largest absolute Gasteiger partial charge is 0.464 e. The fourth-order valence-electron chi connectivity index (χ4n) is 1.86. The van der Waals surface area contributed by atoms with Crippen molar-refractivity contribution in [3.05, 3.63) is 60.9 Å². The predicted octanol–water partition coefficient (Wildman–Crippen LogP) is 4.05. The van der Waals surface area contributed by atoms with Gasteiger partial charge in [0.15, 0.2) is 0 Å². The second kappa shape index (κ2) is 3.28. The Hall–Kier alpha value is -2.02. The molecule has 0 saturated heterocycles. The van der Waals surface area contributed by atoms with Crippen LogP contribution in [0.3, 0.4) is 0 Å². The molecular formula is C14H10O. The second-order valence-electron chi connectivity index (χ2n) is 3.50. The normalized spacial score (nSPS) is 10.7. The predicted molar refractivity (Wildman–Crippen MR) is 60.8 cm³/mol. The first-order valence-electron chi connectivity index (χ1n) is 4.97. The molecule has 0 amide bonds. The van der Waals surface area contributed by atoms with Gasteiger partial charge >= 0.3 is 0 Å². The molecule has 0 bridgehead atoms. The molecule has 1 heteroatoms. The molecule has 0 atom stereocenters. The SMILES string of the molecule is c1ccc(-c2ccc3occcc2-3)cc1. The summed E-state index contributed by atoms with van der Waals surface area (Å²) in [6.07, 6.45) is 1.71. The highest BCUT2D eigenvalue weighted by atomic mass is 16.3. The van der Waals surface area contributed by atoms with E-state index < -0.39 is 0 Å². The molecule has 1 heterocycles. The van der Waals surface area contributed by atoms with Gasteiger partial charge in [0.2, 0.25) is 0 Å². The summed E-state index contributed by atoms with van der Waals surface area (Å²) in [6, 6.07) is 18.5. The maximum absolute atomic E-state index is 5.41. The van der Waals surface area contributed by atoms with Gasteiger partial charge in [-0.2, -0.15) is 0 Å². The third-order valence-corrected chi connectivity index (χ3v) is 2.58. The maximum Gasteiger partial charge on any atom is 0.134 e. The fraction of sp³-hybridized carbons (Fsp3) is 0. The summed E-state index contributed by atoms with van der Waals surface area (Å²) in [7, 11) is 0. The van der Waals surface area contributed by atoms with Gasteiger partial charge in [0.25, 0.3) is 0 Å². The molecule has 0 fully saturated rings. The van der Waals surface area contributed by atoms with Crippen molar-refractivity contribution in [1.82, 2.24) is 0 Å². The number of hydrogen-bond donors (Lipinski definition) is 0. The second-order valence-corrected chi connectivity index (χ2v) is 3.50. The molecule has 3 rings (SSSR count). The first-order chi connectivity index (χ1) is 7.45. The van der Waals surface area contributed by atoms with E-state index in [4.69, 9.17) is 4.42 Å². The number of hydrogen-bond acceptors (Lipinski definition) is 1. The lowest BCUT2D eigenvalue weighted by Crippen LogP contribution is -1.77. The van der Waals surface area contributed by atoms with Gasteiger partial charge in [-0.1, -0.05) is 30.3 Å². The lowest BCUT2D eigenvalue weighted by Gasteiger charge is -2.02. The zero-order chi connectivity index (χ0) is 10.1. The Balaban J connectivity index is 2.22. The highest BCUT2D eigenvalue weighted by Gasteiger charge is 2.11. The topological polar surface area (TPSA) is 13.1 Å². The standard InChI is InChI=1S/C14H10O/c1-2-5-11(6-3-1)12-8-9-14-13(12)7-4-10-15-14/h1-10H. The van der Waals surface area contributed by atoms with Crippen LogP contribution in [0.4, 0.5) is 0 Å². The van der Waals surface area contributed by atoms with E-state index in [9.17, 15) is 0 Å². The lowest BCUT2D eigenvalue weighted by molar-refractivity contribution is 0.567. The van der Waals surface area contributed by atoms with Crippen LogP contribution in [0, 0.1) is 0 Å². The van der Waals surface area contributed by atoms with Crippen LogP contribution in [-0.4, -0.2) is 0 Å². The average Bonchev–Trinajstić information content (AvgIpc) is 2.74. The van der Waals surface area contributed by atoms with Gasteiger partial charge in [-0.3, -0.25) is 0 Å². The van der Waals surface area contributed by atoms with Crippen molar-refractivity contribution in [3.63, 3.8) is 0 Å². The van der Waals surface area contributed by atoms with Crippen LogP contribution in [0.2, 0.25) is 0 Å². The molecule has 1 aliphatic carbocycles. The molecule has 1 aromatic rings. The minimum Gasteiger partial charge on any atom is -0.464 e. The molecule has 0 unspecified atom stereocenters. The molecule has 0 N–H and O–H groups in total. The molecule has 2 aliphatic rings. The summed E-state index contributed by atoms with van der Waals surface area (Å²) >= 11 is 0. The third-order valence-electron chi connectivity index (χ3n) is 2.58. The Labute approximate surface area is 88.3 Å². The van der Waals surface area contributed by atoms with Crippen molar-refractivity contribution in [2.75, 3.05) is 0 Å².